The van der Waals surface area contributed by atoms with Crippen molar-refractivity contribution in [3.8, 4) is 5.75 Å². The molecule has 0 saturated carbocycles. The summed E-state index contributed by atoms with van der Waals surface area (Å²) in [6.07, 6.45) is 2.81. The van der Waals surface area contributed by atoms with Gasteiger partial charge in [0, 0.05) is 26.1 Å². The zero-order chi connectivity index (χ0) is 19.5. The molecule has 2 N–H and O–H groups in total. The molecule has 0 bridgehead atoms. The van der Waals surface area contributed by atoms with Crippen LogP contribution >= 0.6 is 0 Å². The maximum atomic E-state index is 12.3. The summed E-state index contributed by atoms with van der Waals surface area (Å²) in [5.74, 6) is 3.14. The summed E-state index contributed by atoms with van der Waals surface area (Å²) in [4.78, 5) is 19.1. The maximum absolute atomic E-state index is 12.3. The van der Waals surface area contributed by atoms with E-state index < -0.39 is 0 Å². The van der Waals surface area contributed by atoms with Gasteiger partial charge in [0.2, 0.25) is 0 Å². The van der Waals surface area contributed by atoms with Crippen LogP contribution in [-0.2, 0) is 13.0 Å². The predicted octanol–water partition coefficient (Wildman–Crippen LogP) is 1.74. The minimum absolute atomic E-state index is 0.0963. The van der Waals surface area contributed by atoms with Gasteiger partial charge in [-0.25, -0.2) is 14.5 Å². The summed E-state index contributed by atoms with van der Waals surface area (Å²) in [6.45, 7) is 5.17. The second kappa shape index (κ2) is 8.08. The number of anilines is 1. The number of para-hydroxylation sites is 2. The second-order valence-corrected chi connectivity index (χ2v) is 7.62. The largest absolute Gasteiger partial charge is 0.495 e. The number of nitrogens with zero attached hydrogens (tertiary/aromatic N) is 4. The van der Waals surface area contributed by atoms with E-state index in [0.29, 0.717) is 19.0 Å². The number of urea groups is 1. The average Bonchev–Trinajstić information content (AvgIpc) is 3.31. The van der Waals surface area contributed by atoms with Crippen molar-refractivity contribution in [3.63, 3.8) is 0 Å². The van der Waals surface area contributed by atoms with E-state index in [-0.39, 0.29) is 12.1 Å². The fourth-order valence-corrected chi connectivity index (χ4v) is 4.13. The summed E-state index contributed by atoms with van der Waals surface area (Å²) in [6, 6.07) is 8.09. The number of ether oxygens (including phenoxy) is 1. The lowest BCUT2D eigenvalue weighted by atomic mass is 10.1. The predicted molar refractivity (Wildman–Crippen MR) is 107 cm³/mol. The van der Waals surface area contributed by atoms with Gasteiger partial charge in [0.1, 0.15) is 17.4 Å². The molecule has 1 aromatic heterocycles. The molecule has 3 heterocycles. The minimum atomic E-state index is -0.0963. The van der Waals surface area contributed by atoms with Gasteiger partial charge in [-0.2, -0.15) is 5.10 Å². The number of benzene rings is 1. The molecule has 0 radical (unpaired) electrons. The molecule has 1 aromatic carbocycles. The second-order valence-electron chi connectivity index (χ2n) is 7.62. The highest BCUT2D eigenvalue weighted by atomic mass is 16.5. The normalized spacial score (nSPS) is 21.3. The molecule has 150 valence electrons. The number of rotatable bonds is 5. The van der Waals surface area contributed by atoms with Gasteiger partial charge < -0.3 is 20.3 Å². The Bertz CT molecular complexity index is 836. The third-order valence-electron chi connectivity index (χ3n) is 5.56. The van der Waals surface area contributed by atoms with Gasteiger partial charge in [-0.05, 0) is 37.8 Å². The number of fused-ring (bicyclic) bond motifs is 1. The Balaban J connectivity index is 1.23. The molecule has 2 atom stereocenters. The van der Waals surface area contributed by atoms with E-state index >= 15 is 0 Å². The van der Waals surface area contributed by atoms with E-state index in [0.717, 1.165) is 55.4 Å². The molecular weight excluding hydrogens is 356 g/mol. The highest BCUT2D eigenvalue weighted by molar-refractivity contribution is 5.74. The average molecular weight is 384 g/mol. The zero-order valence-electron chi connectivity index (χ0n) is 16.5. The van der Waals surface area contributed by atoms with Crippen molar-refractivity contribution in [2.75, 3.05) is 31.6 Å². The van der Waals surface area contributed by atoms with Crippen molar-refractivity contribution >= 4 is 11.7 Å². The number of hydrogen-bond acceptors (Lipinski definition) is 5. The van der Waals surface area contributed by atoms with Crippen molar-refractivity contribution in [2.45, 2.75) is 38.8 Å². The van der Waals surface area contributed by atoms with Crippen LogP contribution < -0.4 is 20.3 Å². The van der Waals surface area contributed by atoms with E-state index in [9.17, 15) is 4.79 Å². The lowest BCUT2D eigenvalue weighted by Gasteiger charge is -2.24. The standard InChI is InChI=1S/C20H28N6O2/c1-14-22-19-8-7-16(13-26(19)24-14)23-20(27)21-11-15-9-10-25(12-15)17-5-3-4-6-18(17)28-2/h3-6,15-16H,7-13H2,1-2H3,(H2,21,23,27). The van der Waals surface area contributed by atoms with Gasteiger partial charge in [-0.3, -0.25) is 0 Å². The van der Waals surface area contributed by atoms with Crippen molar-refractivity contribution in [1.29, 1.82) is 0 Å². The molecule has 4 rings (SSSR count). The van der Waals surface area contributed by atoms with Crippen molar-refractivity contribution in [3.05, 3.63) is 35.9 Å². The number of nitrogens with one attached hydrogen (secondary N) is 2. The number of aromatic nitrogens is 3. The molecule has 28 heavy (non-hydrogen) atoms. The number of methoxy groups -OCH3 is 1. The third kappa shape index (κ3) is 4.05. The fourth-order valence-electron chi connectivity index (χ4n) is 4.13. The smallest absolute Gasteiger partial charge is 0.315 e. The molecule has 2 aliphatic rings. The van der Waals surface area contributed by atoms with Crippen LogP contribution in [0.15, 0.2) is 24.3 Å². The molecule has 8 nitrogen and oxygen atoms in total. The SMILES string of the molecule is COc1ccccc1N1CCC(CNC(=O)NC2CCc3nc(C)nn3C2)C1. The quantitative estimate of drug-likeness (QED) is 0.820. The van der Waals surface area contributed by atoms with E-state index in [1.54, 1.807) is 7.11 Å². The highest BCUT2D eigenvalue weighted by Crippen LogP contribution is 2.31. The first kappa shape index (κ1) is 18.6. The summed E-state index contributed by atoms with van der Waals surface area (Å²) >= 11 is 0. The number of amides is 2. The Labute approximate surface area is 165 Å². The fraction of sp³-hybridized carbons (Fsp3) is 0.550. The van der Waals surface area contributed by atoms with Crippen LogP contribution in [0.1, 0.15) is 24.5 Å². The third-order valence-corrected chi connectivity index (χ3v) is 5.56. The monoisotopic (exact) mass is 384 g/mol. The summed E-state index contributed by atoms with van der Waals surface area (Å²) in [5, 5.41) is 10.5. The van der Waals surface area contributed by atoms with E-state index in [2.05, 4.69) is 31.7 Å². The van der Waals surface area contributed by atoms with Crippen molar-refractivity contribution in [2.24, 2.45) is 5.92 Å². The van der Waals surface area contributed by atoms with Gasteiger partial charge in [0.25, 0.3) is 0 Å². The number of carbonyl (C=O) groups excluding carboxylic acids is 1. The van der Waals surface area contributed by atoms with Gasteiger partial charge in [-0.15, -0.1) is 0 Å². The van der Waals surface area contributed by atoms with Gasteiger partial charge in [0.05, 0.1) is 25.4 Å². The Kier molecular flexibility index (Phi) is 5.36. The Morgan fingerprint density at radius 2 is 2.14 bits per heavy atom. The van der Waals surface area contributed by atoms with Crippen LogP contribution in [0.3, 0.4) is 0 Å². The summed E-state index contributed by atoms with van der Waals surface area (Å²) in [5.41, 5.74) is 1.12. The van der Waals surface area contributed by atoms with Gasteiger partial charge in [0.15, 0.2) is 0 Å². The summed E-state index contributed by atoms with van der Waals surface area (Å²) in [7, 11) is 1.70. The van der Waals surface area contributed by atoms with Crippen LogP contribution in [0.25, 0.3) is 0 Å². The maximum Gasteiger partial charge on any atom is 0.315 e. The molecule has 8 heteroatoms. The first-order valence-corrected chi connectivity index (χ1v) is 9.95. The van der Waals surface area contributed by atoms with Crippen LogP contribution in [-0.4, -0.2) is 53.6 Å². The molecule has 0 aliphatic carbocycles. The lowest BCUT2D eigenvalue weighted by Crippen LogP contribution is -2.47. The molecule has 2 amide bonds. The molecule has 1 saturated heterocycles. The Morgan fingerprint density at radius 1 is 1.29 bits per heavy atom. The van der Waals surface area contributed by atoms with Gasteiger partial charge >= 0.3 is 6.03 Å². The molecule has 2 aliphatic heterocycles. The minimum Gasteiger partial charge on any atom is -0.495 e. The molecule has 2 aromatic rings. The first-order chi connectivity index (χ1) is 13.6. The van der Waals surface area contributed by atoms with Crippen molar-refractivity contribution in [1.82, 2.24) is 25.4 Å². The Morgan fingerprint density at radius 3 is 3.00 bits per heavy atom. The van der Waals surface area contributed by atoms with Crippen LogP contribution in [0.2, 0.25) is 0 Å². The molecule has 2 unspecified atom stereocenters. The number of hydrogen-bond donors (Lipinski definition) is 2. The van der Waals surface area contributed by atoms with E-state index in [1.807, 2.05) is 29.8 Å². The van der Waals surface area contributed by atoms with Crippen LogP contribution in [0, 0.1) is 12.8 Å². The molecular formula is C20H28N6O2. The number of carbonyl (C=O) groups is 1. The van der Waals surface area contributed by atoms with E-state index in [4.69, 9.17) is 4.74 Å². The zero-order valence-corrected chi connectivity index (χ0v) is 16.5. The molecule has 0 spiro atoms. The first-order valence-electron chi connectivity index (χ1n) is 9.95. The highest BCUT2D eigenvalue weighted by Gasteiger charge is 2.26. The Hall–Kier alpha value is -2.77. The summed E-state index contributed by atoms with van der Waals surface area (Å²) < 4.78 is 7.38. The lowest BCUT2D eigenvalue weighted by molar-refractivity contribution is 0.230. The van der Waals surface area contributed by atoms with Crippen molar-refractivity contribution < 1.29 is 9.53 Å². The molecule has 1 fully saturated rings. The van der Waals surface area contributed by atoms with Gasteiger partial charge in [-0.1, -0.05) is 12.1 Å². The number of aryl methyl sites for hydroxylation is 2. The van der Waals surface area contributed by atoms with Crippen LogP contribution in [0.4, 0.5) is 10.5 Å². The topological polar surface area (TPSA) is 84.3 Å². The van der Waals surface area contributed by atoms with Crippen LogP contribution in [0.5, 0.6) is 5.75 Å². The van der Waals surface area contributed by atoms with E-state index in [1.165, 1.54) is 0 Å².